The maximum Gasteiger partial charge on any atom is 0.375 e. The second-order valence-electron chi connectivity index (χ2n) is 7.37. The van der Waals surface area contributed by atoms with Crippen molar-refractivity contribution in [3.63, 3.8) is 0 Å². The lowest BCUT2D eigenvalue weighted by atomic mass is 10.1. The van der Waals surface area contributed by atoms with Gasteiger partial charge in [0.15, 0.2) is 6.61 Å². The zero-order valence-electron chi connectivity index (χ0n) is 18.1. The number of ether oxygens (including phenoxy) is 1. The molecule has 8 heteroatoms. The number of carbonyl (C=O) groups excluding carboxylic acids is 2. The van der Waals surface area contributed by atoms with Gasteiger partial charge in [-0.2, -0.15) is 5.26 Å². The van der Waals surface area contributed by atoms with Gasteiger partial charge in [-0.25, -0.2) is 4.79 Å². The van der Waals surface area contributed by atoms with Crippen molar-refractivity contribution in [3.8, 4) is 17.2 Å². The largest absolute Gasteiger partial charge is 0.467 e. The highest BCUT2D eigenvalue weighted by molar-refractivity contribution is 5.98. The Kier molecular flexibility index (Phi) is 6.13. The van der Waals surface area contributed by atoms with E-state index in [4.69, 9.17) is 13.6 Å². The van der Waals surface area contributed by atoms with Gasteiger partial charge in [0.2, 0.25) is 5.76 Å². The number of nitriles is 1. The highest BCUT2D eigenvalue weighted by atomic mass is 16.5. The number of aromatic nitrogens is 1. The van der Waals surface area contributed by atoms with Crippen LogP contribution in [0.2, 0.25) is 0 Å². The molecular formula is C25H21N3O5. The molecule has 1 N–H and O–H groups in total. The van der Waals surface area contributed by atoms with Crippen LogP contribution in [0.3, 0.4) is 0 Å². The van der Waals surface area contributed by atoms with Gasteiger partial charge in [0.25, 0.3) is 5.91 Å². The van der Waals surface area contributed by atoms with Crippen molar-refractivity contribution < 1.29 is 23.2 Å². The first-order valence-electron chi connectivity index (χ1n) is 10.2. The van der Waals surface area contributed by atoms with Gasteiger partial charge in [-0.05, 0) is 43.2 Å². The molecule has 0 aliphatic rings. The molecule has 0 unspecified atom stereocenters. The Morgan fingerprint density at radius 3 is 2.55 bits per heavy atom. The number of amides is 1. The highest BCUT2D eigenvalue weighted by Gasteiger charge is 2.23. The third-order valence-electron chi connectivity index (χ3n) is 5.36. The lowest BCUT2D eigenvalue weighted by Crippen LogP contribution is -2.23. The number of carbonyl (C=O) groups is 2. The van der Waals surface area contributed by atoms with E-state index in [9.17, 15) is 14.9 Å². The van der Waals surface area contributed by atoms with Crippen LogP contribution in [0.5, 0.6) is 0 Å². The van der Waals surface area contributed by atoms with Crippen molar-refractivity contribution in [1.29, 1.82) is 5.26 Å². The summed E-state index contributed by atoms with van der Waals surface area (Å²) in [5, 5.41) is 12.3. The van der Waals surface area contributed by atoms with Crippen molar-refractivity contribution in [2.75, 3.05) is 11.9 Å². The van der Waals surface area contributed by atoms with Gasteiger partial charge < -0.3 is 23.5 Å². The van der Waals surface area contributed by atoms with Crippen molar-refractivity contribution in [3.05, 3.63) is 89.4 Å². The Hall–Kier alpha value is -4.51. The van der Waals surface area contributed by atoms with Crippen LogP contribution in [0.4, 0.5) is 5.82 Å². The Balaban J connectivity index is 1.48. The van der Waals surface area contributed by atoms with Crippen LogP contribution >= 0.6 is 0 Å². The molecule has 0 fully saturated rings. The van der Waals surface area contributed by atoms with E-state index in [1.807, 2.05) is 50.2 Å². The Bertz CT molecular complexity index is 1320. The van der Waals surface area contributed by atoms with Gasteiger partial charge in [0.05, 0.1) is 24.6 Å². The highest BCUT2D eigenvalue weighted by Crippen LogP contribution is 2.28. The van der Waals surface area contributed by atoms with E-state index >= 15 is 0 Å². The van der Waals surface area contributed by atoms with E-state index in [1.165, 1.54) is 6.26 Å². The van der Waals surface area contributed by atoms with Gasteiger partial charge >= 0.3 is 5.97 Å². The quantitative estimate of drug-likeness (QED) is 0.416. The first-order valence-corrected chi connectivity index (χ1v) is 10.2. The molecule has 8 nitrogen and oxygen atoms in total. The fraction of sp³-hybridized carbons (Fsp3) is 0.160. The van der Waals surface area contributed by atoms with Crippen molar-refractivity contribution in [2.45, 2.75) is 20.4 Å². The van der Waals surface area contributed by atoms with E-state index in [0.717, 1.165) is 16.8 Å². The van der Waals surface area contributed by atoms with Crippen LogP contribution in [0, 0.1) is 25.2 Å². The standard InChI is InChI=1S/C25H21N3O5/c1-16-17(2)28(14-19-9-6-11-31-19)24(21(16)13-26)27-22(29)15-33-25(30)23-20(10-12-32-23)18-7-4-3-5-8-18/h3-12H,14-15H2,1-2H3,(H,27,29). The number of nitrogens with one attached hydrogen (secondary N) is 1. The summed E-state index contributed by atoms with van der Waals surface area (Å²) < 4.78 is 17.7. The molecule has 4 rings (SSSR count). The summed E-state index contributed by atoms with van der Waals surface area (Å²) in [4.78, 5) is 25.2. The predicted octanol–water partition coefficient (Wildman–Crippen LogP) is 4.67. The Labute approximate surface area is 190 Å². The van der Waals surface area contributed by atoms with E-state index in [-0.39, 0.29) is 5.76 Å². The monoisotopic (exact) mass is 443 g/mol. The number of benzene rings is 1. The lowest BCUT2D eigenvalue weighted by Gasteiger charge is -2.12. The average Bonchev–Trinajstić information content (AvgIpc) is 3.56. The molecule has 0 spiro atoms. The molecule has 166 valence electrons. The van der Waals surface area contributed by atoms with Gasteiger partial charge in [0, 0.05) is 11.3 Å². The summed E-state index contributed by atoms with van der Waals surface area (Å²) in [6.45, 7) is 3.47. The third kappa shape index (κ3) is 4.43. The molecule has 0 bridgehead atoms. The normalized spacial score (nSPS) is 10.6. The number of rotatable bonds is 7. The number of esters is 1. The first kappa shape index (κ1) is 21.7. The van der Waals surface area contributed by atoms with E-state index in [2.05, 4.69) is 11.4 Å². The minimum absolute atomic E-state index is 0.0135. The van der Waals surface area contributed by atoms with Crippen molar-refractivity contribution in [1.82, 2.24) is 4.57 Å². The molecule has 0 saturated heterocycles. The molecule has 0 atom stereocenters. The van der Waals surface area contributed by atoms with Crippen LogP contribution in [0.25, 0.3) is 11.1 Å². The van der Waals surface area contributed by atoms with Gasteiger partial charge in [-0.15, -0.1) is 0 Å². The SMILES string of the molecule is Cc1c(C#N)c(NC(=O)COC(=O)c2occc2-c2ccccc2)n(Cc2ccco2)c1C. The Morgan fingerprint density at radius 2 is 1.85 bits per heavy atom. The predicted molar refractivity (Wildman–Crippen MR) is 119 cm³/mol. The summed E-state index contributed by atoms with van der Waals surface area (Å²) in [6, 6.07) is 16.6. The summed E-state index contributed by atoms with van der Waals surface area (Å²) in [5.41, 5.74) is 3.28. The second kappa shape index (κ2) is 9.32. The summed E-state index contributed by atoms with van der Waals surface area (Å²) in [5.74, 6) is -0.322. The van der Waals surface area contributed by atoms with Crippen LogP contribution in [-0.2, 0) is 16.1 Å². The fourth-order valence-electron chi connectivity index (χ4n) is 3.56. The first-order chi connectivity index (χ1) is 16.0. The van der Waals surface area contributed by atoms with Gasteiger partial charge in [-0.1, -0.05) is 30.3 Å². The lowest BCUT2D eigenvalue weighted by molar-refractivity contribution is -0.119. The second-order valence-corrected chi connectivity index (χ2v) is 7.37. The molecule has 0 aliphatic heterocycles. The van der Waals surface area contributed by atoms with Gasteiger partial charge in [-0.3, -0.25) is 4.79 Å². The fourth-order valence-corrected chi connectivity index (χ4v) is 3.56. The number of furan rings is 2. The molecule has 1 amide bonds. The van der Waals surface area contributed by atoms with E-state index in [0.29, 0.717) is 29.2 Å². The maximum absolute atomic E-state index is 12.6. The van der Waals surface area contributed by atoms with Crippen molar-refractivity contribution in [2.24, 2.45) is 0 Å². The molecule has 33 heavy (non-hydrogen) atoms. The van der Waals surface area contributed by atoms with Crippen molar-refractivity contribution >= 4 is 17.7 Å². The van der Waals surface area contributed by atoms with Crippen LogP contribution in [0.15, 0.2) is 69.9 Å². The molecular weight excluding hydrogens is 422 g/mol. The van der Waals surface area contributed by atoms with Gasteiger partial charge in [0.1, 0.15) is 17.6 Å². The minimum Gasteiger partial charge on any atom is -0.467 e. The van der Waals surface area contributed by atoms with Crippen LogP contribution in [-0.4, -0.2) is 23.1 Å². The topological polar surface area (TPSA) is 110 Å². The number of hydrogen-bond donors (Lipinski definition) is 1. The molecule has 3 aromatic heterocycles. The van der Waals surface area contributed by atoms with Crippen LogP contribution in [0.1, 0.15) is 33.1 Å². The summed E-state index contributed by atoms with van der Waals surface area (Å²) >= 11 is 0. The maximum atomic E-state index is 12.6. The zero-order valence-corrected chi connectivity index (χ0v) is 18.1. The number of anilines is 1. The number of nitrogens with zero attached hydrogens (tertiary/aromatic N) is 2. The molecule has 0 aliphatic carbocycles. The van der Waals surface area contributed by atoms with E-state index < -0.39 is 18.5 Å². The smallest absolute Gasteiger partial charge is 0.375 e. The number of hydrogen-bond acceptors (Lipinski definition) is 6. The molecule has 0 saturated carbocycles. The third-order valence-corrected chi connectivity index (χ3v) is 5.36. The molecule has 4 aromatic rings. The minimum atomic E-state index is -0.757. The van der Waals surface area contributed by atoms with Crippen LogP contribution < -0.4 is 5.32 Å². The summed E-state index contributed by atoms with van der Waals surface area (Å²) in [6.07, 6.45) is 2.95. The molecule has 0 radical (unpaired) electrons. The summed E-state index contributed by atoms with van der Waals surface area (Å²) in [7, 11) is 0. The average molecular weight is 443 g/mol. The molecule has 1 aromatic carbocycles. The van der Waals surface area contributed by atoms with E-state index in [1.54, 1.807) is 23.0 Å². The Morgan fingerprint density at radius 1 is 1.06 bits per heavy atom. The zero-order chi connectivity index (χ0) is 23.4. The molecule has 3 heterocycles.